The zero-order valence-corrected chi connectivity index (χ0v) is 20.9. The van der Waals surface area contributed by atoms with Crippen LogP contribution in [0.25, 0.3) is 0 Å². The van der Waals surface area contributed by atoms with E-state index in [1.54, 1.807) is 25.3 Å². The summed E-state index contributed by atoms with van der Waals surface area (Å²) in [6.07, 6.45) is 0.863. The minimum absolute atomic E-state index is 0.0356. The number of nitrogens with one attached hydrogen (secondary N) is 1. The van der Waals surface area contributed by atoms with Crippen LogP contribution in [0, 0.1) is 0 Å². The Morgan fingerprint density at radius 1 is 0.889 bits per heavy atom. The molecule has 3 aromatic rings. The van der Waals surface area contributed by atoms with Crippen LogP contribution in [-0.4, -0.2) is 61.4 Å². The number of piperazine rings is 1. The Morgan fingerprint density at radius 3 is 2.33 bits per heavy atom. The number of nitrogens with zero attached hydrogens (tertiary/aromatic N) is 2. The summed E-state index contributed by atoms with van der Waals surface area (Å²) in [4.78, 5) is 29.6. The van der Waals surface area contributed by atoms with Crippen molar-refractivity contribution in [3.05, 3.63) is 89.5 Å². The second-order valence-electron chi connectivity index (χ2n) is 8.77. The van der Waals surface area contributed by atoms with Gasteiger partial charge in [0.25, 0.3) is 5.91 Å². The first-order valence-electron chi connectivity index (χ1n) is 12.3. The number of hydrogen-bond donors (Lipinski definition) is 1. The monoisotopic (exact) mass is 487 g/mol. The maximum atomic E-state index is 13.1. The van der Waals surface area contributed by atoms with Crippen LogP contribution in [0.5, 0.6) is 11.5 Å². The van der Waals surface area contributed by atoms with Gasteiger partial charge in [0, 0.05) is 37.4 Å². The van der Waals surface area contributed by atoms with E-state index >= 15 is 0 Å². The molecular weight excluding hydrogens is 454 g/mol. The van der Waals surface area contributed by atoms with Gasteiger partial charge >= 0.3 is 0 Å². The van der Waals surface area contributed by atoms with E-state index in [9.17, 15) is 9.59 Å². The summed E-state index contributed by atoms with van der Waals surface area (Å²) < 4.78 is 11.4. The topological polar surface area (TPSA) is 71.1 Å². The van der Waals surface area contributed by atoms with Gasteiger partial charge in [-0.15, -0.1) is 0 Å². The molecule has 0 aliphatic carbocycles. The van der Waals surface area contributed by atoms with E-state index in [2.05, 4.69) is 17.1 Å². The zero-order valence-electron chi connectivity index (χ0n) is 20.9. The van der Waals surface area contributed by atoms with Gasteiger partial charge in [0.2, 0.25) is 5.91 Å². The van der Waals surface area contributed by atoms with Crippen molar-refractivity contribution in [2.24, 2.45) is 0 Å². The molecule has 1 N–H and O–H groups in total. The molecule has 0 saturated carbocycles. The highest BCUT2D eigenvalue weighted by molar-refractivity contribution is 5.95. The fourth-order valence-electron chi connectivity index (χ4n) is 4.29. The Morgan fingerprint density at radius 2 is 1.61 bits per heavy atom. The molecule has 36 heavy (non-hydrogen) atoms. The molecule has 1 aliphatic heterocycles. The lowest BCUT2D eigenvalue weighted by Gasteiger charge is -2.34. The molecule has 4 rings (SSSR count). The highest BCUT2D eigenvalue weighted by Crippen LogP contribution is 2.29. The molecule has 0 aromatic heterocycles. The molecule has 3 aromatic carbocycles. The van der Waals surface area contributed by atoms with E-state index in [1.165, 1.54) is 0 Å². The summed E-state index contributed by atoms with van der Waals surface area (Å²) in [7, 11) is 1.57. The number of anilines is 1. The second-order valence-corrected chi connectivity index (χ2v) is 8.77. The molecule has 1 heterocycles. The summed E-state index contributed by atoms with van der Waals surface area (Å²) in [5.74, 6) is 1.04. The number of benzene rings is 3. The van der Waals surface area contributed by atoms with Crippen molar-refractivity contribution in [1.82, 2.24) is 9.80 Å². The molecule has 1 saturated heterocycles. The Hall–Kier alpha value is -3.84. The molecule has 0 bridgehead atoms. The van der Waals surface area contributed by atoms with Crippen molar-refractivity contribution in [2.45, 2.75) is 20.0 Å². The van der Waals surface area contributed by atoms with Gasteiger partial charge in [0.1, 0.15) is 6.61 Å². The highest BCUT2D eigenvalue weighted by Gasteiger charge is 2.24. The van der Waals surface area contributed by atoms with Crippen LogP contribution < -0.4 is 14.8 Å². The standard InChI is InChI=1S/C29H33N3O4/c1-3-23-11-7-8-12-25(23)30-28(33)20-31-15-17-32(18-16-31)29(34)24-13-14-26(27(19-24)35-2)36-21-22-9-5-4-6-10-22/h4-14,19H,3,15-18,20-21H2,1-2H3,(H,30,33). The van der Waals surface area contributed by atoms with Gasteiger partial charge < -0.3 is 19.7 Å². The summed E-state index contributed by atoms with van der Waals surface area (Å²) >= 11 is 0. The molecule has 1 aliphatic rings. The Kier molecular flexibility index (Phi) is 8.57. The predicted octanol–water partition coefficient (Wildman–Crippen LogP) is 4.23. The predicted molar refractivity (Wildman–Crippen MR) is 141 cm³/mol. The van der Waals surface area contributed by atoms with Gasteiger partial charge in [-0.2, -0.15) is 0 Å². The van der Waals surface area contributed by atoms with Crippen LogP contribution in [0.3, 0.4) is 0 Å². The van der Waals surface area contributed by atoms with Gasteiger partial charge in [-0.3, -0.25) is 14.5 Å². The van der Waals surface area contributed by atoms with Crippen LogP contribution >= 0.6 is 0 Å². The second kappa shape index (κ2) is 12.2. The first-order chi connectivity index (χ1) is 17.6. The van der Waals surface area contributed by atoms with Gasteiger partial charge in [0.15, 0.2) is 11.5 Å². The third-order valence-electron chi connectivity index (χ3n) is 6.35. The largest absolute Gasteiger partial charge is 0.493 e. The summed E-state index contributed by atoms with van der Waals surface area (Å²) in [6.45, 7) is 5.21. The molecule has 0 unspecified atom stereocenters. The Balaban J connectivity index is 1.29. The third-order valence-corrected chi connectivity index (χ3v) is 6.35. The number of rotatable bonds is 9. The van der Waals surface area contributed by atoms with Gasteiger partial charge in [0.05, 0.1) is 13.7 Å². The average molecular weight is 488 g/mol. The fourth-order valence-corrected chi connectivity index (χ4v) is 4.29. The molecular formula is C29H33N3O4. The van der Waals surface area contributed by atoms with Crippen molar-refractivity contribution in [3.63, 3.8) is 0 Å². The van der Waals surface area contributed by atoms with E-state index in [4.69, 9.17) is 9.47 Å². The van der Waals surface area contributed by atoms with Crippen molar-refractivity contribution in [3.8, 4) is 11.5 Å². The lowest BCUT2D eigenvalue weighted by Crippen LogP contribution is -2.50. The van der Waals surface area contributed by atoms with Crippen LogP contribution in [0.1, 0.15) is 28.4 Å². The number of hydrogen-bond acceptors (Lipinski definition) is 5. The summed E-state index contributed by atoms with van der Waals surface area (Å²) in [5.41, 5.74) is 3.60. The quantitative estimate of drug-likeness (QED) is 0.489. The number of carbonyl (C=O) groups excluding carboxylic acids is 2. The normalized spacial score (nSPS) is 13.8. The SMILES string of the molecule is CCc1ccccc1NC(=O)CN1CCN(C(=O)c2ccc(OCc3ccccc3)c(OC)c2)CC1. The van der Waals surface area contributed by atoms with Gasteiger partial charge in [-0.1, -0.05) is 55.5 Å². The number of ether oxygens (including phenoxy) is 2. The molecule has 1 fully saturated rings. The van der Waals surface area contributed by atoms with Gasteiger partial charge in [-0.25, -0.2) is 0 Å². The van der Waals surface area contributed by atoms with Crippen molar-refractivity contribution in [2.75, 3.05) is 45.2 Å². The Bertz CT molecular complexity index is 1170. The summed E-state index contributed by atoms with van der Waals surface area (Å²) in [6, 6.07) is 23.0. The third kappa shape index (κ3) is 6.43. The van der Waals surface area contributed by atoms with E-state index in [1.807, 2.05) is 59.5 Å². The van der Waals surface area contributed by atoms with Crippen molar-refractivity contribution in [1.29, 1.82) is 0 Å². The average Bonchev–Trinajstić information content (AvgIpc) is 2.92. The molecule has 7 heteroatoms. The number of aryl methyl sites for hydroxylation is 1. The van der Waals surface area contributed by atoms with Crippen LogP contribution in [0.4, 0.5) is 5.69 Å². The molecule has 0 radical (unpaired) electrons. The van der Waals surface area contributed by atoms with Gasteiger partial charge in [-0.05, 0) is 41.8 Å². The van der Waals surface area contributed by atoms with Crippen LogP contribution in [-0.2, 0) is 17.8 Å². The van der Waals surface area contributed by atoms with E-state index in [0.717, 1.165) is 23.2 Å². The van der Waals surface area contributed by atoms with Crippen molar-refractivity contribution >= 4 is 17.5 Å². The van der Waals surface area contributed by atoms with E-state index in [-0.39, 0.29) is 11.8 Å². The zero-order chi connectivity index (χ0) is 25.3. The van der Waals surface area contributed by atoms with E-state index in [0.29, 0.717) is 56.4 Å². The maximum Gasteiger partial charge on any atom is 0.254 e. The first kappa shape index (κ1) is 25.3. The van der Waals surface area contributed by atoms with E-state index < -0.39 is 0 Å². The number of methoxy groups -OCH3 is 1. The molecule has 0 spiro atoms. The fraction of sp³-hybridized carbons (Fsp3) is 0.310. The first-order valence-corrected chi connectivity index (χ1v) is 12.3. The molecule has 7 nitrogen and oxygen atoms in total. The van der Waals surface area contributed by atoms with Crippen LogP contribution in [0.15, 0.2) is 72.8 Å². The minimum atomic E-state index is -0.0520. The lowest BCUT2D eigenvalue weighted by molar-refractivity contribution is -0.117. The molecule has 0 atom stereocenters. The molecule has 188 valence electrons. The Labute approximate surface area is 212 Å². The maximum absolute atomic E-state index is 13.1. The smallest absolute Gasteiger partial charge is 0.254 e. The lowest BCUT2D eigenvalue weighted by atomic mass is 10.1. The molecule has 2 amide bonds. The van der Waals surface area contributed by atoms with Crippen LogP contribution in [0.2, 0.25) is 0 Å². The summed E-state index contributed by atoms with van der Waals surface area (Å²) in [5, 5.41) is 3.02. The number of amides is 2. The van der Waals surface area contributed by atoms with Crippen molar-refractivity contribution < 1.29 is 19.1 Å². The number of carbonyl (C=O) groups is 2. The minimum Gasteiger partial charge on any atom is -0.493 e. The highest BCUT2D eigenvalue weighted by atomic mass is 16.5. The number of para-hydroxylation sites is 1.